The van der Waals surface area contributed by atoms with Gasteiger partial charge in [0.25, 0.3) is 5.91 Å². The van der Waals surface area contributed by atoms with E-state index in [-0.39, 0.29) is 11.2 Å². The molecular weight excluding hydrogens is 352 g/mol. The van der Waals surface area contributed by atoms with Crippen LogP contribution in [0, 0.1) is 0 Å². The number of hydrogen-bond acceptors (Lipinski definition) is 4. The zero-order valence-electron chi connectivity index (χ0n) is 15.0. The van der Waals surface area contributed by atoms with Crippen LogP contribution >= 0.6 is 12.2 Å². The lowest BCUT2D eigenvalue weighted by atomic mass is 9.92. The number of amides is 3. The minimum Gasteiger partial charge on any atom is -0.497 e. The summed E-state index contributed by atoms with van der Waals surface area (Å²) >= 11 is 5.29. The van der Waals surface area contributed by atoms with E-state index in [1.165, 1.54) is 6.42 Å². The first-order valence-electron chi connectivity index (χ1n) is 8.82. The van der Waals surface area contributed by atoms with Gasteiger partial charge in [0, 0.05) is 6.04 Å². The molecule has 1 saturated heterocycles. The van der Waals surface area contributed by atoms with Gasteiger partial charge >= 0.3 is 6.03 Å². The summed E-state index contributed by atoms with van der Waals surface area (Å²) in [5, 5.41) is 7.17. The first-order valence-corrected chi connectivity index (χ1v) is 9.23. The van der Waals surface area contributed by atoms with Gasteiger partial charge in [-0.3, -0.25) is 10.2 Å². The Balaban J connectivity index is 1.70. The van der Waals surface area contributed by atoms with Crippen molar-refractivity contribution >= 4 is 29.3 Å². The number of ether oxygens (including phenoxy) is 1. The van der Waals surface area contributed by atoms with Gasteiger partial charge < -0.3 is 15.4 Å². The van der Waals surface area contributed by atoms with Gasteiger partial charge in [-0.25, -0.2) is 4.79 Å². The molecule has 1 aliphatic heterocycles. The molecule has 2 fully saturated rings. The monoisotopic (exact) mass is 376 g/mol. The van der Waals surface area contributed by atoms with Crippen molar-refractivity contribution in [1.29, 1.82) is 0 Å². The Labute approximate surface area is 158 Å². The summed E-state index contributed by atoms with van der Waals surface area (Å²) < 4.78 is 5.21. The van der Waals surface area contributed by atoms with Gasteiger partial charge in [0.15, 0.2) is 5.11 Å². The van der Waals surface area contributed by atoms with E-state index in [0.29, 0.717) is 11.3 Å². The standard InChI is InChI=1S/C18H24N4O3S/c1-18(12-7-6-10-14(11-12)25-2)15(23)22(17(24)20-18)21-16(26)19-13-8-4-3-5-9-13/h6-7,10-11,13H,3-5,8-9H2,1-2H3,(H,20,24)(H2,19,21,26)/t18-/m1/s1. The first-order chi connectivity index (χ1) is 12.4. The Morgan fingerprint density at radius 2 is 2.04 bits per heavy atom. The van der Waals surface area contributed by atoms with Crippen LogP contribution in [0.1, 0.15) is 44.6 Å². The Morgan fingerprint density at radius 3 is 2.73 bits per heavy atom. The number of carbonyl (C=O) groups is 2. The molecule has 2 aliphatic rings. The maximum atomic E-state index is 12.9. The Kier molecular flexibility index (Phi) is 5.31. The molecule has 0 unspecified atom stereocenters. The topological polar surface area (TPSA) is 82.7 Å². The third-order valence-corrected chi connectivity index (χ3v) is 5.20. The highest BCUT2D eigenvalue weighted by Gasteiger charge is 2.50. The number of benzene rings is 1. The third-order valence-electron chi connectivity index (χ3n) is 4.99. The molecule has 3 amide bonds. The second kappa shape index (κ2) is 7.49. The molecule has 1 aromatic carbocycles. The molecule has 1 heterocycles. The second-order valence-electron chi connectivity index (χ2n) is 6.85. The lowest BCUT2D eigenvalue weighted by Gasteiger charge is -2.26. The average Bonchev–Trinajstić information content (AvgIpc) is 2.87. The predicted molar refractivity (Wildman–Crippen MR) is 101 cm³/mol. The molecule has 1 aromatic rings. The highest BCUT2D eigenvalue weighted by atomic mass is 32.1. The molecule has 26 heavy (non-hydrogen) atoms. The Morgan fingerprint density at radius 1 is 1.31 bits per heavy atom. The maximum absolute atomic E-state index is 12.9. The van der Waals surface area contributed by atoms with Gasteiger partial charge in [-0.1, -0.05) is 31.4 Å². The van der Waals surface area contributed by atoms with Gasteiger partial charge in [0.1, 0.15) is 11.3 Å². The van der Waals surface area contributed by atoms with Crippen LogP contribution in [0.3, 0.4) is 0 Å². The van der Waals surface area contributed by atoms with E-state index in [2.05, 4.69) is 16.1 Å². The normalized spacial score (nSPS) is 23.5. The summed E-state index contributed by atoms with van der Waals surface area (Å²) in [5.74, 6) is 0.204. The Bertz CT molecular complexity index is 720. The van der Waals surface area contributed by atoms with Crippen molar-refractivity contribution in [3.05, 3.63) is 29.8 Å². The third kappa shape index (κ3) is 3.60. The molecule has 1 saturated carbocycles. The molecule has 1 aliphatic carbocycles. The van der Waals surface area contributed by atoms with E-state index < -0.39 is 17.5 Å². The van der Waals surface area contributed by atoms with E-state index in [9.17, 15) is 9.59 Å². The molecule has 3 N–H and O–H groups in total. The molecule has 3 rings (SSSR count). The van der Waals surface area contributed by atoms with Gasteiger partial charge in [-0.05, 0) is 49.7 Å². The van der Waals surface area contributed by atoms with Crippen molar-refractivity contribution in [2.45, 2.75) is 50.6 Å². The average molecular weight is 376 g/mol. The van der Waals surface area contributed by atoms with Crippen molar-refractivity contribution in [2.75, 3.05) is 7.11 Å². The molecule has 0 aromatic heterocycles. The molecular formula is C18H24N4O3S. The number of nitrogens with zero attached hydrogens (tertiary/aromatic N) is 1. The van der Waals surface area contributed by atoms with Crippen LogP contribution in [0.4, 0.5) is 4.79 Å². The van der Waals surface area contributed by atoms with Crippen LogP contribution in [0.25, 0.3) is 0 Å². The summed E-state index contributed by atoms with van der Waals surface area (Å²) in [6.45, 7) is 1.67. The maximum Gasteiger partial charge on any atom is 0.344 e. The number of rotatable bonds is 4. The summed E-state index contributed by atoms with van der Waals surface area (Å²) in [6, 6.07) is 6.84. The number of imide groups is 1. The molecule has 0 spiro atoms. The molecule has 8 heteroatoms. The van der Waals surface area contributed by atoms with Crippen LogP contribution in [0.5, 0.6) is 5.75 Å². The van der Waals surface area contributed by atoms with E-state index in [1.807, 2.05) is 0 Å². The van der Waals surface area contributed by atoms with E-state index in [0.717, 1.165) is 30.7 Å². The molecule has 140 valence electrons. The van der Waals surface area contributed by atoms with Gasteiger partial charge in [-0.15, -0.1) is 0 Å². The highest BCUT2D eigenvalue weighted by Crippen LogP contribution is 2.30. The van der Waals surface area contributed by atoms with Gasteiger partial charge in [-0.2, -0.15) is 5.01 Å². The van der Waals surface area contributed by atoms with Crippen molar-refractivity contribution < 1.29 is 14.3 Å². The number of carbonyl (C=O) groups excluding carboxylic acids is 2. The predicted octanol–water partition coefficient (Wildman–Crippen LogP) is 2.17. The summed E-state index contributed by atoms with van der Waals surface area (Å²) in [7, 11) is 1.56. The van der Waals surface area contributed by atoms with Crippen molar-refractivity contribution in [1.82, 2.24) is 21.1 Å². The SMILES string of the molecule is COc1cccc([C@@]2(C)NC(=O)N(NC(=S)NC3CCCCC3)C2=O)c1. The lowest BCUT2D eigenvalue weighted by molar-refractivity contribution is -0.132. The molecule has 1 atom stereocenters. The van der Waals surface area contributed by atoms with Crippen LogP contribution in [-0.2, 0) is 10.3 Å². The minimum atomic E-state index is -1.18. The largest absolute Gasteiger partial charge is 0.497 e. The van der Waals surface area contributed by atoms with E-state index in [4.69, 9.17) is 17.0 Å². The Hall–Kier alpha value is -2.35. The number of methoxy groups -OCH3 is 1. The van der Waals surface area contributed by atoms with Crippen LogP contribution in [-0.4, -0.2) is 35.2 Å². The first kappa shape index (κ1) is 18.4. The van der Waals surface area contributed by atoms with Gasteiger partial charge in [0.05, 0.1) is 7.11 Å². The zero-order chi connectivity index (χ0) is 18.7. The second-order valence-corrected chi connectivity index (χ2v) is 7.26. The molecule has 7 nitrogen and oxygen atoms in total. The summed E-state index contributed by atoms with van der Waals surface area (Å²) in [6.07, 6.45) is 5.66. The van der Waals surface area contributed by atoms with Crippen molar-refractivity contribution in [3.8, 4) is 5.75 Å². The number of hydrogen-bond donors (Lipinski definition) is 3. The highest BCUT2D eigenvalue weighted by molar-refractivity contribution is 7.80. The minimum absolute atomic E-state index is 0.286. The van der Waals surface area contributed by atoms with Crippen LogP contribution < -0.4 is 20.8 Å². The lowest BCUT2D eigenvalue weighted by Crippen LogP contribution is -2.53. The molecule has 0 bridgehead atoms. The summed E-state index contributed by atoms with van der Waals surface area (Å²) in [5.41, 5.74) is 2.20. The van der Waals surface area contributed by atoms with Crippen LogP contribution in [0.15, 0.2) is 24.3 Å². The fourth-order valence-electron chi connectivity index (χ4n) is 3.44. The molecule has 0 radical (unpaired) electrons. The number of nitrogens with one attached hydrogen (secondary N) is 3. The fraction of sp³-hybridized carbons (Fsp3) is 0.500. The zero-order valence-corrected chi connectivity index (χ0v) is 15.8. The summed E-state index contributed by atoms with van der Waals surface area (Å²) in [4.78, 5) is 25.3. The van der Waals surface area contributed by atoms with Crippen molar-refractivity contribution in [3.63, 3.8) is 0 Å². The van der Waals surface area contributed by atoms with Crippen LogP contribution in [0.2, 0.25) is 0 Å². The fourth-order valence-corrected chi connectivity index (χ4v) is 3.69. The smallest absolute Gasteiger partial charge is 0.344 e. The van der Waals surface area contributed by atoms with E-state index in [1.54, 1.807) is 38.3 Å². The van der Waals surface area contributed by atoms with Gasteiger partial charge in [0.2, 0.25) is 0 Å². The number of urea groups is 1. The number of hydrazine groups is 1. The quantitative estimate of drug-likeness (QED) is 0.552. The van der Waals surface area contributed by atoms with Crippen molar-refractivity contribution in [2.24, 2.45) is 0 Å². The van der Waals surface area contributed by atoms with E-state index >= 15 is 0 Å². The number of thiocarbonyl (C=S) groups is 1.